The van der Waals surface area contributed by atoms with Gasteiger partial charge in [-0.05, 0) is 37.1 Å². The summed E-state index contributed by atoms with van der Waals surface area (Å²) in [5.74, 6) is -0.279. The topological polar surface area (TPSA) is 53.1 Å². The Balaban J connectivity index is 2.16. The largest absolute Gasteiger partial charge is 0.476 e. The fraction of sp³-hybridized carbons (Fsp3) is 0.235. The van der Waals surface area contributed by atoms with Crippen molar-refractivity contribution in [1.82, 2.24) is 9.55 Å². The molecular formula is C17H17ClFN3O. The smallest absolute Gasteiger partial charge is 0.193 e. The Labute approximate surface area is 138 Å². The molecule has 1 saturated carbocycles. The molecule has 0 aliphatic heterocycles. The normalized spacial score (nSPS) is 16.4. The molecule has 1 aliphatic rings. The van der Waals surface area contributed by atoms with Gasteiger partial charge in [0, 0.05) is 12.4 Å². The maximum absolute atomic E-state index is 13.8. The average Bonchev–Trinajstić information content (AvgIpc) is 3.28. The van der Waals surface area contributed by atoms with E-state index in [1.165, 1.54) is 6.08 Å². The maximum Gasteiger partial charge on any atom is 0.193 e. The highest BCUT2D eigenvalue weighted by atomic mass is 35.5. The van der Waals surface area contributed by atoms with Crippen molar-refractivity contribution in [2.45, 2.75) is 18.9 Å². The van der Waals surface area contributed by atoms with Crippen molar-refractivity contribution in [3.63, 3.8) is 0 Å². The van der Waals surface area contributed by atoms with E-state index in [0.717, 1.165) is 35.5 Å². The van der Waals surface area contributed by atoms with E-state index < -0.39 is 5.83 Å². The standard InChI is InChI=1S/C17H17ClFN3O/c1-3-11(19)8-13(17(20)23-12-4-5-12)14-6-10-7-16(18)21-9-15(10)22(14)2/h3,6-9,12H,1,4-5,20H2,2H3/b11-8+,17-13-. The Morgan fingerprint density at radius 3 is 2.91 bits per heavy atom. The second-order valence-corrected chi connectivity index (χ2v) is 5.87. The summed E-state index contributed by atoms with van der Waals surface area (Å²) in [5.41, 5.74) is 8.14. The quantitative estimate of drug-likeness (QED) is 0.510. The molecule has 2 aromatic rings. The van der Waals surface area contributed by atoms with Crippen LogP contribution in [-0.2, 0) is 11.8 Å². The summed E-state index contributed by atoms with van der Waals surface area (Å²) in [6.45, 7) is 3.43. The first-order valence-corrected chi connectivity index (χ1v) is 7.64. The van der Waals surface area contributed by atoms with Gasteiger partial charge in [-0.1, -0.05) is 18.2 Å². The summed E-state index contributed by atoms with van der Waals surface area (Å²) < 4.78 is 21.3. The molecule has 23 heavy (non-hydrogen) atoms. The predicted molar refractivity (Wildman–Crippen MR) is 90.3 cm³/mol. The second-order valence-electron chi connectivity index (χ2n) is 5.48. The van der Waals surface area contributed by atoms with Crippen LogP contribution >= 0.6 is 11.6 Å². The number of pyridine rings is 1. The van der Waals surface area contributed by atoms with E-state index in [-0.39, 0.29) is 12.0 Å². The molecule has 0 aromatic carbocycles. The van der Waals surface area contributed by atoms with Gasteiger partial charge in [0.2, 0.25) is 0 Å². The zero-order chi connectivity index (χ0) is 16.6. The summed E-state index contributed by atoms with van der Waals surface area (Å²) in [4.78, 5) is 4.08. The molecule has 0 spiro atoms. The Morgan fingerprint density at radius 2 is 2.26 bits per heavy atom. The lowest BCUT2D eigenvalue weighted by atomic mass is 10.1. The monoisotopic (exact) mass is 333 g/mol. The summed E-state index contributed by atoms with van der Waals surface area (Å²) in [7, 11) is 1.86. The summed E-state index contributed by atoms with van der Waals surface area (Å²) >= 11 is 5.94. The van der Waals surface area contributed by atoms with Gasteiger partial charge < -0.3 is 15.0 Å². The number of aryl methyl sites for hydroxylation is 1. The van der Waals surface area contributed by atoms with Crippen molar-refractivity contribution in [2.75, 3.05) is 0 Å². The highest BCUT2D eigenvalue weighted by Gasteiger charge is 2.25. The van der Waals surface area contributed by atoms with E-state index >= 15 is 0 Å². The molecule has 120 valence electrons. The lowest BCUT2D eigenvalue weighted by Gasteiger charge is -2.11. The number of hydrogen-bond acceptors (Lipinski definition) is 3. The summed E-state index contributed by atoms with van der Waals surface area (Å²) in [6.07, 6.45) is 6.19. The van der Waals surface area contributed by atoms with Crippen LogP contribution in [0.4, 0.5) is 4.39 Å². The van der Waals surface area contributed by atoms with Gasteiger partial charge in [0.1, 0.15) is 17.1 Å². The van der Waals surface area contributed by atoms with E-state index in [9.17, 15) is 4.39 Å². The van der Waals surface area contributed by atoms with Gasteiger partial charge in [0.05, 0.1) is 23.0 Å². The zero-order valence-electron chi connectivity index (χ0n) is 12.7. The van der Waals surface area contributed by atoms with Crippen molar-refractivity contribution in [2.24, 2.45) is 12.8 Å². The fourth-order valence-electron chi connectivity index (χ4n) is 2.36. The third-order valence-electron chi connectivity index (χ3n) is 3.73. The average molecular weight is 334 g/mol. The van der Waals surface area contributed by atoms with Crippen molar-refractivity contribution in [3.8, 4) is 0 Å². The zero-order valence-corrected chi connectivity index (χ0v) is 13.5. The molecule has 0 bridgehead atoms. The first-order valence-electron chi connectivity index (χ1n) is 7.27. The van der Waals surface area contributed by atoms with E-state index in [1.807, 2.05) is 17.7 Å². The minimum Gasteiger partial charge on any atom is -0.476 e. The summed E-state index contributed by atoms with van der Waals surface area (Å²) in [6, 6.07) is 3.64. The molecule has 0 saturated heterocycles. The van der Waals surface area contributed by atoms with Gasteiger partial charge in [-0.25, -0.2) is 9.37 Å². The number of fused-ring (bicyclic) bond motifs is 1. The van der Waals surface area contributed by atoms with Crippen molar-refractivity contribution in [3.05, 3.63) is 59.6 Å². The van der Waals surface area contributed by atoms with Crippen LogP contribution in [0.3, 0.4) is 0 Å². The molecule has 4 nitrogen and oxygen atoms in total. The minimum atomic E-state index is -0.483. The fourth-order valence-corrected chi connectivity index (χ4v) is 2.53. The summed E-state index contributed by atoms with van der Waals surface area (Å²) in [5, 5.41) is 1.29. The molecule has 2 heterocycles. The van der Waals surface area contributed by atoms with Crippen LogP contribution < -0.4 is 5.73 Å². The van der Waals surface area contributed by atoms with Crippen LogP contribution in [0.25, 0.3) is 16.5 Å². The van der Waals surface area contributed by atoms with Crippen molar-refractivity contribution >= 4 is 28.1 Å². The lowest BCUT2D eigenvalue weighted by molar-refractivity contribution is 0.196. The van der Waals surface area contributed by atoms with Crippen molar-refractivity contribution in [1.29, 1.82) is 0 Å². The van der Waals surface area contributed by atoms with E-state index in [4.69, 9.17) is 22.1 Å². The minimum absolute atomic E-state index is 0.121. The number of ether oxygens (including phenoxy) is 1. The maximum atomic E-state index is 13.8. The Hall–Kier alpha value is -2.27. The van der Waals surface area contributed by atoms with Crippen LogP contribution in [0.1, 0.15) is 18.5 Å². The third-order valence-corrected chi connectivity index (χ3v) is 3.94. The molecular weight excluding hydrogens is 317 g/mol. The first kappa shape index (κ1) is 15.6. The number of hydrogen-bond donors (Lipinski definition) is 1. The van der Waals surface area contributed by atoms with Crippen LogP contribution in [0.15, 0.2) is 48.8 Å². The van der Waals surface area contributed by atoms with Crippen LogP contribution in [0.5, 0.6) is 0 Å². The second kappa shape index (κ2) is 6.08. The van der Waals surface area contributed by atoms with Crippen LogP contribution in [-0.4, -0.2) is 15.7 Å². The molecule has 0 unspecified atom stereocenters. The van der Waals surface area contributed by atoms with Gasteiger partial charge in [-0.15, -0.1) is 0 Å². The Kier molecular flexibility index (Phi) is 4.13. The van der Waals surface area contributed by atoms with E-state index in [1.54, 1.807) is 12.3 Å². The van der Waals surface area contributed by atoms with Gasteiger partial charge in [-0.2, -0.15) is 0 Å². The first-order chi connectivity index (χ1) is 11.0. The SMILES string of the molecule is C=C/C(F)=C\C(=C(/N)OC1CC1)c1cc2cc(Cl)ncc2n1C. The van der Waals surface area contributed by atoms with Crippen LogP contribution in [0.2, 0.25) is 5.15 Å². The molecule has 0 radical (unpaired) electrons. The molecule has 6 heteroatoms. The third kappa shape index (κ3) is 3.24. The Morgan fingerprint density at radius 1 is 1.52 bits per heavy atom. The molecule has 0 amide bonds. The van der Waals surface area contributed by atoms with Gasteiger partial charge in [0.15, 0.2) is 5.88 Å². The van der Waals surface area contributed by atoms with Crippen molar-refractivity contribution < 1.29 is 9.13 Å². The Bertz CT molecular complexity index is 834. The number of halogens is 2. The molecule has 1 fully saturated rings. The highest BCUT2D eigenvalue weighted by Crippen LogP contribution is 2.31. The van der Waals surface area contributed by atoms with E-state index in [2.05, 4.69) is 11.6 Å². The number of rotatable bonds is 5. The molecule has 1 aliphatic carbocycles. The van der Waals surface area contributed by atoms with E-state index in [0.29, 0.717) is 10.7 Å². The molecule has 2 aromatic heterocycles. The van der Waals surface area contributed by atoms with Gasteiger partial charge in [-0.3, -0.25) is 0 Å². The highest BCUT2D eigenvalue weighted by molar-refractivity contribution is 6.30. The lowest BCUT2D eigenvalue weighted by Crippen LogP contribution is -2.09. The number of nitrogens with two attached hydrogens (primary N) is 1. The predicted octanol–water partition coefficient (Wildman–Crippen LogP) is 4.07. The molecule has 2 N–H and O–H groups in total. The van der Waals surface area contributed by atoms with Gasteiger partial charge in [0.25, 0.3) is 0 Å². The molecule has 0 atom stereocenters. The molecule has 3 rings (SSSR count). The number of aromatic nitrogens is 2. The number of nitrogens with zero attached hydrogens (tertiary/aromatic N) is 2. The van der Waals surface area contributed by atoms with Crippen LogP contribution in [0, 0.1) is 0 Å². The number of allylic oxidation sites excluding steroid dienone is 4. The van der Waals surface area contributed by atoms with Gasteiger partial charge >= 0.3 is 0 Å².